The quantitative estimate of drug-likeness (QED) is 0.483. The number of amides is 3. The van der Waals surface area contributed by atoms with E-state index in [1.165, 1.54) is 4.90 Å². The second-order valence-corrected chi connectivity index (χ2v) is 11.1. The van der Waals surface area contributed by atoms with Crippen molar-refractivity contribution in [3.63, 3.8) is 0 Å². The zero-order valence-corrected chi connectivity index (χ0v) is 21.4. The second kappa shape index (κ2) is 8.98. The summed E-state index contributed by atoms with van der Waals surface area (Å²) in [6.07, 6.45) is 0.430. The van der Waals surface area contributed by atoms with E-state index < -0.39 is 17.9 Å². The number of carbonyl (C=O) groups is 3. The first-order valence-corrected chi connectivity index (χ1v) is 13.3. The van der Waals surface area contributed by atoms with Crippen LogP contribution in [0, 0.1) is 17.8 Å². The summed E-state index contributed by atoms with van der Waals surface area (Å²) in [5.74, 6) is -1.84. The van der Waals surface area contributed by atoms with E-state index in [0.717, 1.165) is 27.8 Å². The molecule has 1 aliphatic heterocycles. The second-order valence-electron chi connectivity index (χ2n) is 11.1. The van der Waals surface area contributed by atoms with Gasteiger partial charge >= 0.3 is 0 Å². The highest BCUT2D eigenvalue weighted by atomic mass is 16.2. The highest BCUT2D eigenvalue weighted by Crippen LogP contribution is 2.61. The molecule has 3 amide bonds. The lowest BCUT2D eigenvalue weighted by atomic mass is 9.55. The van der Waals surface area contributed by atoms with Crippen molar-refractivity contribution in [3.05, 3.63) is 107 Å². The summed E-state index contributed by atoms with van der Waals surface area (Å²) in [6.45, 7) is 5.98. The molecule has 7 rings (SSSR count). The molecule has 0 unspecified atom stereocenters. The lowest BCUT2D eigenvalue weighted by Crippen LogP contribution is -2.51. The fourth-order valence-electron chi connectivity index (χ4n) is 6.92. The summed E-state index contributed by atoms with van der Waals surface area (Å²) in [6, 6.07) is 25.1. The van der Waals surface area contributed by atoms with Gasteiger partial charge in [0, 0.05) is 11.8 Å². The Bertz CT molecular complexity index is 1270. The summed E-state index contributed by atoms with van der Waals surface area (Å²) in [5.41, 5.74) is 5.53. The number of imide groups is 1. The third kappa shape index (κ3) is 3.63. The summed E-state index contributed by atoms with van der Waals surface area (Å²) in [4.78, 5) is 43.4. The molecule has 5 heteroatoms. The van der Waals surface area contributed by atoms with E-state index in [4.69, 9.17) is 0 Å². The van der Waals surface area contributed by atoms with Crippen molar-refractivity contribution in [2.45, 2.75) is 51.1 Å². The zero-order valence-electron chi connectivity index (χ0n) is 21.4. The average Bonchev–Trinajstić information content (AvgIpc) is 3.17. The number of likely N-dealkylation sites (tertiary alicyclic amines) is 1. The molecule has 0 spiro atoms. The van der Waals surface area contributed by atoms with Crippen LogP contribution in [-0.2, 0) is 14.4 Å². The minimum atomic E-state index is -0.831. The number of hydrogen-bond donors (Lipinski definition) is 1. The van der Waals surface area contributed by atoms with Gasteiger partial charge in [0.2, 0.25) is 17.7 Å². The molecule has 2 bridgehead atoms. The van der Waals surface area contributed by atoms with Crippen LogP contribution in [-0.4, -0.2) is 28.7 Å². The van der Waals surface area contributed by atoms with Crippen LogP contribution in [0.4, 0.5) is 0 Å². The van der Waals surface area contributed by atoms with Gasteiger partial charge in [-0.05, 0) is 47.1 Å². The lowest BCUT2D eigenvalue weighted by molar-refractivity contribution is -0.148. The van der Waals surface area contributed by atoms with Crippen LogP contribution in [0.2, 0.25) is 0 Å². The van der Waals surface area contributed by atoms with Gasteiger partial charge in [-0.1, -0.05) is 92.7 Å². The van der Waals surface area contributed by atoms with Gasteiger partial charge in [0.15, 0.2) is 0 Å². The Labute approximate surface area is 217 Å². The summed E-state index contributed by atoms with van der Waals surface area (Å²) < 4.78 is 0. The molecule has 1 N–H and O–H groups in total. The molecule has 1 fully saturated rings. The van der Waals surface area contributed by atoms with E-state index in [1.807, 2.05) is 75.4 Å². The smallest absolute Gasteiger partial charge is 0.243 e. The average molecular weight is 493 g/mol. The summed E-state index contributed by atoms with van der Waals surface area (Å²) >= 11 is 0. The number of benzene rings is 3. The Kier molecular flexibility index (Phi) is 5.74. The lowest BCUT2D eigenvalue weighted by Gasteiger charge is -2.45. The van der Waals surface area contributed by atoms with Gasteiger partial charge in [-0.15, -0.1) is 0 Å². The Morgan fingerprint density at radius 3 is 1.59 bits per heavy atom. The molecule has 3 aromatic rings. The van der Waals surface area contributed by atoms with Gasteiger partial charge in [0.05, 0.1) is 17.9 Å². The van der Waals surface area contributed by atoms with Crippen molar-refractivity contribution in [3.8, 4) is 0 Å². The van der Waals surface area contributed by atoms with Gasteiger partial charge in [-0.2, -0.15) is 0 Å². The number of carbonyl (C=O) groups excluding carboxylic acids is 3. The van der Waals surface area contributed by atoms with Crippen LogP contribution in [0.5, 0.6) is 0 Å². The number of rotatable bonds is 6. The van der Waals surface area contributed by atoms with E-state index in [2.05, 4.69) is 29.6 Å². The molecule has 0 radical (unpaired) electrons. The molecule has 5 nitrogen and oxygen atoms in total. The molecule has 37 heavy (non-hydrogen) atoms. The van der Waals surface area contributed by atoms with Crippen molar-refractivity contribution in [1.82, 2.24) is 10.2 Å². The standard InChI is InChI=1S/C32H32N2O3/c1-18(2)17-25(30(35)33-19(3)20-11-5-4-6-12-20)34-31(36)28-26-21-13-7-8-14-22(21)27(29(28)32(34)37)24-16-10-9-15-23(24)26/h4-16,18-19,25-29H,17H2,1-3H3,(H,33,35)/t19-,25+,26?,27?,28-,29-/m0/s1. The number of nitrogens with one attached hydrogen (secondary N) is 1. The van der Waals surface area contributed by atoms with Crippen molar-refractivity contribution in [1.29, 1.82) is 0 Å². The normalized spacial score (nSPS) is 24.9. The van der Waals surface area contributed by atoms with Crippen molar-refractivity contribution < 1.29 is 14.4 Å². The Morgan fingerprint density at radius 2 is 1.16 bits per heavy atom. The van der Waals surface area contributed by atoms with Gasteiger partial charge < -0.3 is 5.32 Å². The van der Waals surface area contributed by atoms with Gasteiger partial charge in [-0.3, -0.25) is 19.3 Å². The fourth-order valence-corrected chi connectivity index (χ4v) is 6.92. The zero-order chi connectivity index (χ0) is 25.8. The van der Waals surface area contributed by atoms with Crippen molar-refractivity contribution in [2.24, 2.45) is 17.8 Å². The van der Waals surface area contributed by atoms with E-state index in [9.17, 15) is 14.4 Å². The molecule has 0 aromatic heterocycles. The molecule has 3 aromatic carbocycles. The molecule has 1 saturated heterocycles. The molecule has 188 valence electrons. The number of nitrogens with zero attached hydrogens (tertiary/aromatic N) is 1. The van der Waals surface area contributed by atoms with Crippen molar-refractivity contribution >= 4 is 17.7 Å². The highest BCUT2D eigenvalue weighted by molar-refractivity contribution is 6.10. The van der Waals surface area contributed by atoms with Crippen LogP contribution in [0.3, 0.4) is 0 Å². The van der Waals surface area contributed by atoms with Crippen molar-refractivity contribution in [2.75, 3.05) is 0 Å². The Balaban J connectivity index is 1.38. The summed E-state index contributed by atoms with van der Waals surface area (Å²) in [5, 5.41) is 3.09. The predicted molar refractivity (Wildman–Crippen MR) is 142 cm³/mol. The maximum atomic E-state index is 14.2. The Hall–Kier alpha value is -3.73. The SMILES string of the molecule is CC(C)C[C@H](C(=O)N[C@@H](C)c1ccccc1)N1C(=O)[C@H]2C3c4ccccc4C(c4ccccc43)[C@@H]2C1=O. The van der Waals surface area contributed by atoms with Gasteiger partial charge in [-0.25, -0.2) is 0 Å². The third-order valence-corrected chi connectivity index (χ3v) is 8.45. The van der Waals surface area contributed by atoms with E-state index >= 15 is 0 Å². The fraction of sp³-hybridized carbons (Fsp3) is 0.344. The van der Waals surface area contributed by atoms with Crippen LogP contribution in [0.25, 0.3) is 0 Å². The maximum Gasteiger partial charge on any atom is 0.243 e. The number of hydrogen-bond acceptors (Lipinski definition) is 3. The first-order chi connectivity index (χ1) is 17.9. The minimum absolute atomic E-state index is 0.136. The monoisotopic (exact) mass is 492 g/mol. The first-order valence-electron chi connectivity index (χ1n) is 13.3. The van der Waals surface area contributed by atoms with Crippen LogP contribution >= 0.6 is 0 Å². The molecule has 4 aliphatic rings. The summed E-state index contributed by atoms with van der Waals surface area (Å²) in [7, 11) is 0. The molecule has 3 aliphatic carbocycles. The van der Waals surface area contributed by atoms with Crippen LogP contribution in [0.15, 0.2) is 78.9 Å². The Morgan fingerprint density at radius 1 is 0.730 bits per heavy atom. The highest BCUT2D eigenvalue weighted by Gasteiger charge is 2.63. The van der Waals surface area contributed by atoms with Crippen LogP contribution in [0.1, 0.15) is 72.9 Å². The molecular formula is C32H32N2O3. The molecule has 0 saturated carbocycles. The van der Waals surface area contributed by atoms with E-state index in [0.29, 0.717) is 6.42 Å². The van der Waals surface area contributed by atoms with E-state index in [-0.39, 0.29) is 41.5 Å². The topological polar surface area (TPSA) is 66.5 Å². The third-order valence-electron chi connectivity index (χ3n) is 8.45. The van der Waals surface area contributed by atoms with Gasteiger partial charge in [0.1, 0.15) is 6.04 Å². The largest absolute Gasteiger partial charge is 0.348 e. The van der Waals surface area contributed by atoms with Crippen LogP contribution < -0.4 is 5.32 Å². The van der Waals surface area contributed by atoms with Gasteiger partial charge in [0.25, 0.3) is 0 Å². The minimum Gasteiger partial charge on any atom is -0.348 e. The maximum absolute atomic E-state index is 14.2. The van der Waals surface area contributed by atoms with E-state index in [1.54, 1.807) is 0 Å². The molecule has 1 heterocycles. The molecule has 4 atom stereocenters. The first kappa shape index (κ1) is 23.7. The molecular weight excluding hydrogens is 460 g/mol. The predicted octanol–water partition coefficient (Wildman–Crippen LogP) is 5.17.